The topological polar surface area (TPSA) is 110 Å². The number of hydrogen-bond acceptors (Lipinski definition) is 5. The number of nitrogens with one attached hydrogen (secondary N) is 1. The van der Waals surface area contributed by atoms with Gasteiger partial charge < -0.3 is 15.2 Å². The van der Waals surface area contributed by atoms with Crippen molar-refractivity contribution in [3.8, 4) is 0 Å². The average Bonchev–Trinajstić information content (AvgIpc) is 2.56. The van der Waals surface area contributed by atoms with Crippen LogP contribution in [0, 0.1) is 0 Å². The third kappa shape index (κ3) is 6.97. The van der Waals surface area contributed by atoms with Crippen LogP contribution in [-0.4, -0.2) is 56.0 Å². The zero-order valence-electron chi connectivity index (χ0n) is 13.7. The SMILES string of the molecule is CS(=O)(=O)c1ccc([C@@H](CCOC(=O)O)[C@@H](CF)NC(=O)C(Cl)Cl)cc1. The number of halogens is 3. The number of alkyl halides is 3. The van der Waals surface area contributed by atoms with Crippen LogP contribution in [0.15, 0.2) is 29.2 Å². The Morgan fingerprint density at radius 1 is 1.27 bits per heavy atom. The lowest BCUT2D eigenvalue weighted by Crippen LogP contribution is -2.43. The number of amides is 1. The number of ether oxygens (including phenoxy) is 1. The van der Waals surface area contributed by atoms with Gasteiger partial charge in [0.1, 0.15) is 6.67 Å². The summed E-state index contributed by atoms with van der Waals surface area (Å²) in [4.78, 5) is 20.9. The van der Waals surface area contributed by atoms with Gasteiger partial charge in [-0.2, -0.15) is 0 Å². The van der Waals surface area contributed by atoms with Gasteiger partial charge in [0.15, 0.2) is 14.7 Å². The summed E-state index contributed by atoms with van der Waals surface area (Å²) >= 11 is 10.9. The van der Waals surface area contributed by atoms with Crippen LogP contribution in [0.4, 0.5) is 9.18 Å². The first-order valence-electron chi connectivity index (χ1n) is 7.36. The molecule has 2 atom stereocenters. The summed E-state index contributed by atoms with van der Waals surface area (Å²) in [6, 6.07) is 4.58. The molecule has 0 aliphatic heterocycles. The molecule has 0 radical (unpaired) electrons. The first-order valence-corrected chi connectivity index (χ1v) is 10.1. The Kier molecular flexibility index (Phi) is 8.58. The molecule has 26 heavy (non-hydrogen) atoms. The van der Waals surface area contributed by atoms with Crippen molar-refractivity contribution < 1.29 is 32.2 Å². The van der Waals surface area contributed by atoms with Crippen molar-refractivity contribution in [2.45, 2.75) is 28.1 Å². The fraction of sp³-hybridized carbons (Fsp3) is 0.467. The zero-order valence-corrected chi connectivity index (χ0v) is 16.0. The molecule has 1 rings (SSSR count). The van der Waals surface area contributed by atoms with Gasteiger partial charge in [-0.25, -0.2) is 17.6 Å². The van der Waals surface area contributed by atoms with Gasteiger partial charge in [0.2, 0.25) is 0 Å². The predicted octanol–water partition coefficient (Wildman–Crippen LogP) is 2.52. The molecule has 0 aromatic heterocycles. The molecule has 0 heterocycles. The number of hydrogen-bond donors (Lipinski definition) is 2. The van der Waals surface area contributed by atoms with Gasteiger partial charge >= 0.3 is 6.16 Å². The van der Waals surface area contributed by atoms with Crippen LogP contribution in [0.25, 0.3) is 0 Å². The molecule has 7 nitrogen and oxygen atoms in total. The molecule has 0 aliphatic rings. The summed E-state index contributed by atoms with van der Waals surface area (Å²) in [6.07, 6.45) is -0.390. The average molecular weight is 430 g/mol. The second-order valence-corrected chi connectivity index (χ2v) is 8.53. The summed E-state index contributed by atoms with van der Waals surface area (Å²) in [7, 11) is -3.41. The molecule has 1 aromatic rings. The molecule has 11 heteroatoms. The molecule has 0 spiro atoms. The number of carboxylic acid groups (broad SMARTS) is 1. The van der Waals surface area contributed by atoms with Gasteiger partial charge in [0.05, 0.1) is 17.5 Å². The maximum Gasteiger partial charge on any atom is 0.505 e. The lowest BCUT2D eigenvalue weighted by Gasteiger charge is -2.26. The minimum absolute atomic E-state index is 0.0502. The first kappa shape index (κ1) is 22.5. The van der Waals surface area contributed by atoms with Crippen LogP contribution in [0.1, 0.15) is 17.9 Å². The van der Waals surface area contributed by atoms with E-state index >= 15 is 0 Å². The number of rotatable bonds is 9. The maximum atomic E-state index is 13.5. The van der Waals surface area contributed by atoms with Crippen molar-refractivity contribution in [2.75, 3.05) is 19.5 Å². The van der Waals surface area contributed by atoms with Crippen molar-refractivity contribution >= 4 is 45.1 Å². The highest BCUT2D eigenvalue weighted by atomic mass is 35.5. The molecule has 0 bridgehead atoms. The molecule has 2 N–H and O–H groups in total. The highest BCUT2D eigenvalue weighted by Gasteiger charge is 2.27. The Hall–Kier alpha value is -1.58. The van der Waals surface area contributed by atoms with E-state index in [2.05, 4.69) is 10.1 Å². The standard InChI is InChI=1S/C15H18Cl2FNO6S/c1-26(23,24)10-4-2-9(3-5-10)11(6-7-25-15(21)22)12(8-18)19-14(20)13(16)17/h2-5,11-13H,6-8H2,1H3,(H,19,20)(H,21,22)/t11-,12-/m1/s1. The first-order chi connectivity index (χ1) is 12.1. The van der Waals surface area contributed by atoms with Gasteiger partial charge in [-0.05, 0) is 24.1 Å². The third-order valence-electron chi connectivity index (χ3n) is 3.57. The van der Waals surface area contributed by atoms with Crippen molar-refractivity contribution in [1.29, 1.82) is 0 Å². The highest BCUT2D eigenvalue weighted by Crippen LogP contribution is 2.26. The smallest absolute Gasteiger partial charge is 0.450 e. The molecule has 1 aromatic carbocycles. The van der Waals surface area contributed by atoms with Crippen LogP contribution in [0.5, 0.6) is 0 Å². The van der Waals surface area contributed by atoms with Crippen molar-refractivity contribution in [2.24, 2.45) is 0 Å². The van der Waals surface area contributed by atoms with E-state index in [1.54, 1.807) is 0 Å². The largest absolute Gasteiger partial charge is 0.505 e. The number of carbonyl (C=O) groups excluding carboxylic acids is 1. The second-order valence-electron chi connectivity index (χ2n) is 5.42. The van der Waals surface area contributed by atoms with Crippen molar-refractivity contribution in [1.82, 2.24) is 5.32 Å². The van der Waals surface area contributed by atoms with E-state index in [0.29, 0.717) is 5.56 Å². The predicted molar refractivity (Wildman–Crippen MR) is 94.3 cm³/mol. The van der Waals surface area contributed by atoms with E-state index in [4.69, 9.17) is 28.3 Å². The molecule has 0 saturated carbocycles. The van der Waals surface area contributed by atoms with Gasteiger partial charge in [-0.3, -0.25) is 4.79 Å². The maximum absolute atomic E-state index is 13.5. The van der Waals surface area contributed by atoms with E-state index in [9.17, 15) is 22.4 Å². The fourth-order valence-corrected chi connectivity index (χ4v) is 3.08. The molecule has 1 amide bonds. The van der Waals surface area contributed by atoms with E-state index in [1.807, 2.05) is 0 Å². The summed E-state index contributed by atoms with van der Waals surface area (Å²) in [5.41, 5.74) is 0.495. The van der Waals surface area contributed by atoms with Gasteiger partial charge in [0, 0.05) is 12.2 Å². The Morgan fingerprint density at radius 2 is 1.85 bits per heavy atom. The van der Waals surface area contributed by atoms with Crippen LogP contribution < -0.4 is 5.32 Å². The zero-order chi connectivity index (χ0) is 19.9. The summed E-state index contributed by atoms with van der Waals surface area (Å²) in [6.45, 7) is -1.22. The monoisotopic (exact) mass is 429 g/mol. The third-order valence-corrected chi connectivity index (χ3v) is 5.09. The number of sulfone groups is 1. The van der Waals surface area contributed by atoms with Gasteiger partial charge in [-0.1, -0.05) is 35.3 Å². The highest BCUT2D eigenvalue weighted by molar-refractivity contribution is 7.90. The molecular formula is C15H18Cl2FNO6S. The van der Waals surface area contributed by atoms with Crippen LogP contribution in [0.3, 0.4) is 0 Å². The summed E-state index contributed by atoms with van der Waals surface area (Å²) in [5, 5.41) is 10.9. The van der Waals surface area contributed by atoms with E-state index in [1.165, 1.54) is 24.3 Å². The summed E-state index contributed by atoms with van der Waals surface area (Å²) in [5.74, 6) is -1.49. The molecule has 0 fully saturated rings. The van der Waals surface area contributed by atoms with Crippen LogP contribution in [0.2, 0.25) is 0 Å². The quantitative estimate of drug-likeness (QED) is 0.460. The Bertz CT molecular complexity index is 726. The van der Waals surface area contributed by atoms with E-state index < -0.39 is 45.4 Å². The minimum atomic E-state index is -3.41. The fourth-order valence-electron chi connectivity index (χ4n) is 2.33. The molecule has 0 aliphatic carbocycles. The van der Waals surface area contributed by atoms with Crippen molar-refractivity contribution in [3.05, 3.63) is 29.8 Å². The second kappa shape index (κ2) is 9.94. The van der Waals surface area contributed by atoms with Crippen LogP contribution in [-0.2, 0) is 19.4 Å². The van der Waals surface area contributed by atoms with Crippen molar-refractivity contribution in [3.63, 3.8) is 0 Å². The molecule has 146 valence electrons. The molecule has 0 unspecified atom stereocenters. The van der Waals surface area contributed by atoms with Crippen LogP contribution >= 0.6 is 23.2 Å². The minimum Gasteiger partial charge on any atom is -0.450 e. The van der Waals surface area contributed by atoms with Gasteiger partial charge in [0.25, 0.3) is 5.91 Å². The lowest BCUT2D eigenvalue weighted by molar-refractivity contribution is -0.120. The summed E-state index contributed by atoms with van der Waals surface area (Å²) < 4.78 is 41.0. The Morgan fingerprint density at radius 3 is 2.27 bits per heavy atom. The van der Waals surface area contributed by atoms with E-state index in [0.717, 1.165) is 6.26 Å². The number of benzene rings is 1. The molecule has 0 saturated heterocycles. The number of carbonyl (C=O) groups is 2. The van der Waals surface area contributed by atoms with Gasteiger partial charge in [-0.15, -0.1) is 0 Å². The lowest BCUT2D eigenvalue weighted by atomic mass is 9.89. The van der Waals surface area contributed by atoms with E-state index in [-0.39, 0.29) is 17.9 Å². The Labute approximate surface area is 160 Å². The normalized spacial score (nSPS) is 13.9. The molecular weight excluding hydrogens is 412 g/mol. The Balaban J connectivity index is 3.09.